The molecule has 0 atom stereocenters. The third-order valence-corrected chi connectivity index (χ3v) is 1.15. The van der Waals surface area contributed by atoms with Crippen LogP contribution >= 0.6 is 0 Å². The van der Waals surface area contributed by atoms with Gasteiger partial charge in [-0.05, 0) is 13.0 Å². The number of carbonyl (C=O) groups is 1. The number of hydrogen-bond acceptors (Lipinski definition) is 3. The van der Waals surface area contributed by atoms with Crippen LogP contribution in [0.5, 0.6) is 0 Å². The van der Waals surface area contributed by atoms with Crippen LogP contribution in [-0.4, -0.2) is 37.3 Å². The van der Waals surface area contributed by atoms with E-state index in [4.69, 9.17) is 5.11 Å². The monoisotopic (exact) mass is 160 g/mol. The molecular weight excluding hydrogens is 144 g/mol. The fraction of sp³-hybridized carbons (Fsp3) is 0.857. The van der Waals surface area contributed by atoms with Gasteiger partial charge in [0.2, 0.25) is 5.91 Å². The number of hydrogen-bond donors (Lipinski definition) is 3. The summed E-state index contributed by atoms with van der Waals surface area (Å²) in [5, 5.41) is 13.8. The summed E-state index contributed by atoms with van der Waals surface area (Å²) in [6.07, 6.45) is 1.02. The van der Waals surface area contributed by atoms with Crippen molar-refractivity contribution in [1.82, 2.24) is 10.6 Å². The number of amides is 1. The third-order valence-electron chi connectivity index (χ3n) is 1.15. The number of rotatable bonds is 6. The van der Waals surface area contributed by atoms with E-state index in [-0.39, 0.29) is 12.5 Å². The average Bonchev–Trinajstić information content (AvgIpc) is 2.01. The van der Waals surface area contributed by atoms with Crippen molar-refractivity contribution in [3.8, 4) is 0 Å². The Balaban J connectivity index is 3.09. The Morgan fingerprint density at radius 3 is 2.73 bits per heavy atom. The number of carbonyl (C=O) groups excluding carboxylic acids is 1. The second-order valence-electron chi connectivity index (χ2n) is 2.25. The molecule has 0 aliphatic carbocycles. The van der Waals surface area contributed by atoms with Crippen LogP contribution < -0.4 is 10.6 Å². The van der Waals surface area contributed by atoms with Crippen LogP contribution in [-0.2, 0) is 4.79 Å². The zero-order valence-electron chi connectivity index (χ0n) is 6.89. The fourth-order valence-corrected chi connectivity index (χ4v) is 0.637. The summed E-state index contributed by atoms with van der Waals surface area (Å²) in [6.45, 7) is 3.57. The molecule has 0 aromatic heterocycles. The first-order valence-corrected chi connectivity index (χ1v) is 3.89. The van der Waals surface area contributed by atoms with Gasteiger partial charge in [0.25, 0.3) is 0 Å². The lowest BCUT2D eigenvalue weighted by atomic mass is 10.4. The van der Waals surface area contributed by atoms with Crippen molar-refractivity contribution >= 4 is 5.91 Å². The molecule has 0 aromatic rings. The minimum absolute atomic E-state index is 0.000478. The van der Waals surface area contributed by atoms with Crippen molar-refractivity contribution in [2.75, 3.05) is 26.2 Å². The molecule has 3 N–H and O–H groups in total. The number of aliphatic hydroxyl groups excluding tert-OH is 1. The predicted molar refractivity (Wildman–Crippen MR) is 43.3 cm³/mol. The topological polar surface area (TPSA) is 61.4 Å². The molecule has 4 heteroatoms. The maximum atomic E-state index is 10.8. The summed E-state index contributed by atoms with van der Waals surface area (Å²) in [4.78, 5) is 10.8. The molecule has 0 aliphatic heterocycles. The summed E-state index contributed by atoms with van der Waals surface area (Å²) in [6, 6.07) is 0. The molecule has 66 valence electrons. The van der Waals surface area contributed by atoms with E-state index in [0.717, 1.165) is 13.0 Å². The average molecular weight is 160 g/mol. The van der Waals surface area contributed by atoms with Gasteiger partial charge < -0.3 is 15.7 Å². The maximum absolute atomic E-state index is 10.8. The van der Waals surface area contributed by atoms with Crippen molar-refractivity contribution < 1.29 is 9.90 Å². The first-order valence-electron chi connectivity index (χ1n) is 3.89. The van der Waals surface area contributed by atoms with Crippen LogP contribution in [0.2, 0.25) is 0 Å². The predicted octanol–water partition coefficient (Wildman–Crippen LogP) is -0.905. The zero-order valence-corrected chi connectivity index (χ0v) is 6.89. The van der Waals surface area contributed by atoms with E-state index in [0.29, 0.717) is 13.1 Å². The van der Waals surface area contributed by atoms with E-state index >= 15 is 0 Å². The first kappa shape index (κ1) is 10.4. The van der Waals surface area contributed by atoms with Crippen LogP contribution in [0.25, 0.3) is 0 Å². The second kappa shape index (κ2) is 7.50. The standard InChI is InChI=1S/C7H16N2O2/c1-2-3-8-6-7(11)9-4-5-10/h8,10H,2-6H2,1H3,(H,9,11). The SMILES string of the molecule is CCCNCC(=O)NCCO. The normalized spacial score (nSPS) is 9.64. The van der Waals surface area contributed by atoms with Crippen molar-refractivity contribution in [3.63, 3.8) is 0 Å². The first-order chi connectivity index (χ1) is 5.31. The Bertz CT molecular complexity index is 107. The highest BCUT2D eigenvalue weighted by Crippen LogP contribution is 1.69. The van der Waals surface area contributed by atoms with E-state index in [1.807, 2.05) is 6.92 Å². The van der Waals surface area contributed by atoms with E-state index < -0.39 is 0 Å². The third kappa shape index (κ3) is 7.29. The smallest absolute Gasteiger partial charge is 0.234 e. The van der Waals surface area contributed by atoms with Crippen LogP contribution in [0.4, 0.5) is 0 Å². The molecule has 0 saturated heterocycles. The Hall–Kier alpha value is -0.610. The Kier molecular flexibility index (Phi) is 7.08. The second-order valence-corrected chi connectivity index (χ2v) is 2.25. The summed E-state index contributed by atoms with van der Waals surface area (Å²) in [7, 11) is 0. The highest BCUT2D eigenvalue weighted by molar-refractivity contribution is 5.77. The molecule has 11 heavy (non-hydrogen) atoms. The van der Waals surface area contributed by atoms with Gasteiger partial charge in [0.15, 0.2) is 0 Å². The molecule has 4 nitrogen and oxygen atoms in total. The van der Waals surface area contributed by atoms with E-state index in [1.54, 1.807) is 0 Å². The molecule has 0 radical (unpaired) electrons. The molecule has 0 fully saturated rings. The van der Waals surface area contributed by atoms with Crippen LogP contribution in [0.1, 0.15) is 13.3 Å². The number of nitrogens with one attached hydrogen (secondary N) is 2. The molecule has 0 spiro atoms. The van der Waals surface area contributed by atoms with Gasteiger partial charge in [-0.1, -0.05) is 6.92 Å². The van der Waals surface area contributed by atoms with E-state index in [1.165, 1.54) is 0 Å². The molecule has 0 heterocycles. The van der Waals surface area contributed by atoms with E-state index in [2.05, 4.69) is 10.6 Å². The van der Waals surface area contributed by atoms with Crippen LogP contribution in [0.15, 0.2) is 0 Å². The van der Waals surface area contributed by atoms with Gasteiger partial charge in [0, 0.05) is 6.54 Å². The lowest BCUT2D eigenvalue weighted by Crippen LogP contribution is -2.35. The largest absolute Gasteiger partial charge is 0.395 e. The molecular formula is C7H16N2O2. The summed E-state index contributed by atoms with van der Waals surface area (Å²) >= 11 is 0. The molecule has 0 saturated carbocycles. The molecule has 0 unspecified atom stereocenters. The fourth-order valence-electron chi connectivity index (χ4n) is 0.637. The Morgan fingerprint density at radius 1 is 1.45 bits per heavy atom. The highest BCUT2D eigenvalue weighted by atomic mass is 16.3. The van der Waals surface area contributed by atoms with Crippen molar-refractivity contribution in [3.05, 3.63) is 0 Å². The Morgan fingerprint density at radius 2 is 2.18 bits per heavy atom. The zero-order chi connectivity index (χ0) is 8.53. The maximum Gasteiger partial charge on any atom is 0.234 e. The highest BCUT2D eigenvalue weighted by Gasteiger charge is 1.96. The molecule has 0 rings (SSSR count). The summed E-state index contributed by atoms with van der Waals surface area (Å²) in [5.41, 5.74) is 0. The van der Waals surface area contributed by atoms with Gasteiger partial charge in [-0.2, -0.15) is 0 Å². The van der Waals surface area contributed by atoms with Gasteiger partial charge in [0.1, 0.15) is 0 Å². The van der Waals surface area contributed by atoms with Gasteiger partial charge in [0.05, 0.1) is 13.2 Å². The van der Waals surface area contributed by atoms with Gasteiger partial charge in [-0.15, -0.1) is 0 Å². The summed E-state index contributed by atoms with van der Waals surface area (Å²) < 4.78 is 0. The molecule has 0 aromatic carbocycles. The lowest BCUT2D eigenvalue weighted by Gasteiger charge is -2.03. The quantitative estimate of drug-likeness (QED) is 0.441. The van der Waals surface area contributed by atoms with Crippen molar-refractivity contribution in [2.45, 2.75) is 13.3 Å². The van der Waals surface area contributed by atoms with Crippen LogP contribution in [0.3, 0.4) is 0 Å². The summed E-state index contributed by atoms with van der Waals surface area (Å²) in [5.74, 6) is -0.0625. The Labute approximate surface area is 67.0 Å². The number of aliphatic hydroxyl groups is 1. The van der Waals surface area contributed by atoms with Crippen molar-refractivity contribution in [2.24, 2.45) is 0 Å². The lowest BCUT2D eigenvalue weighted by molar-refractivity contribution is -0.120. The molecule has 0 bridgehead atoms. The molecule has 0 aliphatic rings. The van der Waals surface area contributed by atoms with E-state index in [9.17, 15) is 4.79 Å². The van der Waals surface area contributed by atoms with Crippen molar-refractivity contribution in [1.29, 1.82) is 0 Å². The minimum Gasteiger partial charge on any atom is -0.395 e. The van der Waals surface area contributed by atoms with Crippen LogP contribution in [0, 0.1) is 0 Å². The van der Waals surface area contributed by atoms with Gasteiger partial charge >= 0.3 is 0 Å². The minimum atomic E-state index is -0.0625. The van der Waals surface area contributed by atoms with Gasteiger partial charge in [-0.25, -0.2) is 0 Å². The molecule has 1 amide bonds. The van der Waals surface area contributed by atoms with Gasteiger partial charge in [-0.3, -0.25) is 4.79 Å².